The molecule has 96 valence electrons. The first-order valence-corrected chi connectivity index (χ1v) is 6.00. The molecular weight excluding hydrogens is 232 g/mol. The average Bonchev–Trinajstić information content (AvgIpc) is 2.32. The fourth-order valence-electron chi connectivity index (χ4n) is 2.14. The number of nitrogens with one attached hydrogen (secondary N) is 2. The minimum atomic E-state index is -0.316. The van der Waals surface area contributed by atoms with Crippen molar-refractivity contribution in [2.24, 2.45) is 0 Å². The maximum Gasteiger partial charge on any atom is 0.234 e. The average molecular weight is 248 g/mol. The fourth-order valence-corrected chi connectivity index (χ4v) is 2.14. The quantitative estimate of drug-likeness (QED) is 0.749. The first-order valence-electron chi connectivity index (χ1n) is 6.00. The van der Waals surface area contributed by atoms with E-state index in [0.717, 1.165) is 25.7 Å². The van der Waals surface area contributed by atoms with Crippen LogP contribution in [-0.4, -0.2) is 23.9 Å². The minimum absolute atomic E-state index is 0.137. The molecule has 1 saturated carbocycles. The third-order valence-corrected chi connectivity index (χ3v) is 2.94. The van der Waals surface area contributed by atoms with Crippen LogP contribution in [0.4, 0.5) is 0 Å². The van der Waals surface area contributed by atoms with Crippen LogP contribution in [0.1, 0.15) is 38.5 Å². The minimum Gasteiger partial charge on any atom is -0.350 e. The van der Waals surface area contributed by atoms with E-state index >= 15 is 0 Å². The van der Waals surface area contributed by atoms with E-state index in [0.29, 0.717) is 0 Å². The van der Waals surface area contributed by atoms with Gasteiger partial charge in [-0.15, -0.1) is 0 Å². The van der Waals surface area contributed by atoms with Gasteiger partial charge in [-0.3, -0.25) is 9.59 Å². The van der Waals surface area contributed by atoms with Crippen LogP contribution < -0.4 is 10.6 Å². The molecule has 0 heterocycles. The van der Waals surface area contributed by atoms with Gasteiger partial charge in [-0.2, -0.15) is 10.5 Å². The Morgan fingerprint density at radius 2 is 1.33 bits per heavy atom. The number of nitriles is 2. The molecule has 0 radical (unpaired) electrons. The van der Waals surface area contributed by atoms with Gasteiger partial charge in [0.2, 0.25) is 11.8 Å². The Morgan fingerprint density at radius 3 is 1.67 bits per heavy atom. The molecule has 1 aliphatic carbocycles. The van der Waals surface area contributed by atoms with Crippen LogP contribution in [0, 0.1) is 22.7 Å². The lowest BCUT2D eigenvalue weighted by Gasteiger charge is -2.32. The molecule has 0 spiro atoms. The highest BCUT2D eigenvalue weighted by atomic mass is 16.2. The highest BCUT2D eigenvalue weighted by Crippen LogP contribution is 2.18. The standard InChI is InChI=1S/C12H16N4O2/c13-7-5-11(17)15-9-3-1-2-4-10(9)16-12(18)6-8-14/h9-10H,1-6H2,(H,15,17)(H,16,18)/t9-,10-/m1/s1. The van der Waals surface area contributed by atoms with Crippen molar-refractivity contribution in [1.82, 2.24) is 10.6 Å². The van der Waals surface area contributed by atoms with E-state index < -0.39 is 0 Å². The molecule has 1 aliphatic rings. The Labute approximate surface area is 106 Å². The van der Waals surface area contributed by atoms with E-state index in [1.165, 1.54) is 0 Å². The summed E-state index contributed by atoms with van der Waals surface area (Å²) in [6.07, 6.45) is 3.21. The lowest BCUT2D eigenvalue weighted by atomic mass is 9.90. The van der Waals surface area contributed by atoms with Crippen molar-refractivity contribution in [3.05, 3.63) is 0 Å². The second-order valence-corrected chi connectivity index (χ2v) is 4.30. The molecule has 2 N–H and O–H groups in total. The van der Waals surface area contributed by atoms with Crippen molar-refractivity contribution in [3.8, 4) is 12.1 Å². The number of amides is 2. The van der Waals surface area contributed by atoms with E-state index in [1.54, 1.807) is 12.1 Å². The van der Waals surface area contributed by atoms with Crippen LogP contribution in [0.15, 0.2) is 0 Å². The zero-order valence-corrected chi connectivity index (χ0v) is 10.1. The first kappa shape index (κ1) is 14.0. The van der Waals surface area contributed by atoms with Crippen LogP contribution >= 0.6 is 0 Å². The number of carbonyl (C=O) groups is 2. The molecule has 0 aromatic rings. The van der Waals surface area contributed by atoms with Gasteiger partial charge in [0, 0.05) is 12.1 Å². The normalized spacial score (nSPS) is 22.3. The Balaban J connectivity index is 2.52. The fraction of sp³-hybridized carbons (Fsp3) is 0.667. The SMILES string of the molecule is N#CCC(=O)N[C@@H]1CCCC[C@H]1NC(=O)CC#N. The maximum atomic E-state index is 11.4. The van der Waals surface area contributed by atoms with Gasteiger partial charge in [-0.25, -0.2) is 0 Å². The first-order chi connectivity index (χ1) is 8.67. The predicted octanol–water partition coefficient (Wildman–Crippen LogP) is 0.357. The van der Waals surface area contributed by atoms with Crippen LogP contribution in [0.25, 0.3) is 0 Å². The zero-order valence-electron chi connectivity index (χ0n) is 10.1. The summed E-state index contributed by atoms with van der Waals surface area (Å²) in [5.74, 6) is -0.632. The second kappa shape index (κ2) is 7.29. The lowest BCUT2D eigenvalue weighted by molar-refractivity contribution is -0.124. The topological polar surface area (TPSA) is 106 Å². The van der Waals surface area contributed by atoms with Gasteiger partial charge in [-0.05, 0) is 12.8 Å². The highest BCUT2D eigenvalue weighted by molar-refractivity contribution is 5.79. The predicted molar refractivity (Wildman–Crippen MR) is 62.8 cm³/mol. The zero-order chi connectivity index (χ0) is 13.4. The van der Waals surface area contributed by atoms with Gasteiger partial charge in [0.25, 0.3) is 0 Å². The summed E-state index contributed by atoms with van der Waals surface area (Å²) in [5, 5.41) is 22.4. The molecule has 0 saturated heterocycles. The van der Waals surface area contributed by atoms with Crippen molar-refractivity contribution in [2.45, 2.75) is 50.6 Å². The van der Waals surface area contributed by atoms with Crippen molar-refractivity contribution in [2.75, 3.05) is 0 Å². The van der Waals surface area contributed by atoms with Crippen molar-refractivity contribution in [1.29, 1.82) is 10.5 Å². The lowest BCUT2D eigenvalue weighted by Crippen LogP contribution is -2.53. The summed E-state index contributed by atoms with van der Waals surface area (Å²) in [7, 11) is 0. The third kappa shape index (κ3) is 4.42. The van der Waals surface area contributed by atoms with Crippen LogP contribution in [0.3, 0.4) is 0 Å². The number of carbonyl (C=O) groups excluding carboxylic acids is 2. The van der Waals surface area contributed by atoms with E-state index in [1.807, 2.05) is 0 Å². The van der Waals surface area contributed by atoms with Crippen LogP contribution in [-0.2, 0) is 9.59 Å². The summed E-state index contributed by atoms with van der Waals surface area (Å²) in [5.41, 5.74) is 0. The maximum absolute atomic E-state index is 11.4. The van der Waals surface area contributed by atoms with Gasteiger partial charge in [-0.1, -0.05) is 12.8 Å². The van der Waals surface area contributed by atoms with Gasteiger partial charge < -0.3 is 10.6 Å². The van der Waals surface area contributed by atoms with Gasteiger partial charge in [0.15, 0.2) is 0 Å². The molecule has 2 atom stereocenters. The van der Waals surface area contributed by atoms with Crippen molar-refractivity contribution >= 4 is 11.8 Å². The summed E-state index contributed by atoms with van der Waals surface area (Å²) in [4.78, 5) is 22.7. The molecule has 0 aromatic heterocycles. The number of rotatable bonds is 4. The molecule has 0 aliphatic heterocycles. The van der Waals surface area contributed by atoms with Crippen molar-refractivity contribution in [3.63, 3.8) is 0 Å². The molecule has 18 heavy (non-hydrogen) atoms. The third-order valence-electron chi connectivity index (χ3n) is 2.94. The molecule has 0 unspecified atom stereocenters. The molecule has 6 nitrogen and oxygen atoms in total. The Hall–Kier alpha value is -2.08. The monoisotopic (exact) mass is 248 g/mol. The van der Waals surface area contributed by atoms with E-state index in [-0.39, 0.29) is 36.7 Å². The summed E-state index contributed by atoms with van der Waals surface area (Å²) in [6.45, 7) is 0. The molecule has 0 aromatic carbocycles. The van der Waals surface area contributed by atoms with Crippen LogP contribution in [0.5, 0.6) is 0 Å². The van der Waals surface area contributed by atoms with E-state index in [4.69, 9.17) is 10.5 Å². The van der Waals surface area contributed by atoms with Gasteiger partial charge >= 0.3 is 0 Å². The van der Waals surface area contributed by atoms with E-state index in [2.05, 4.69) is 10.6 Å². The van der Waals surface area contributed by atoms with Gasteiger partial charge in [0.1, 0.15) is 12.8 Å². The van der Waals surface area contributed by atoms with Crippen LogP contribution in [0.2, 0.25) is 0 Å². The van der Waals surface area contributed by atoms with Crippen molar-refractivity contribution < 1.29 is 9.59 Å². The molecule has 1 rings (SSSR count). The largest absolute Gasteiger partial charge is 0.350 e. The molecule has 6 heteroatoms. The van der Waals surface area contributed by atoms with Gasteiger partial charge in [0.05, 0.1) is 12.1 Å². The van der Waals surface area contributed by atoms with E-state index in [9.17, 15) is 9.59 Å². The molecule has 0 bridgehead atoms. The molecule has 2 amide bonds. The number of hydrogen-bond acceptors (Lipinski definition) is 4. The summed E-state index contributed by atoms with van der Waals surface area (Å²) >= 11 is 0. The number of hydrogen-bond donors (Lipinski definition) is 2. The second-order valence-electron chi connectivity index (χ2n) is 4.30. The Kier molecular flexibility index (Phi) is 5.66. The Morgan fingerprint density at radius 1 is 0.944 bits per heavy atom. The highest BCUT2D eigenvalue weighted by Gasteiger charge is 2.27. The smallest absolute Gasteiger partial charge is 0.234 e. The number of nitrogens with zero attached hydrogens (tertiary/aromatic N) is 2. The molecular formula is C12H16N4O2. The summed E-state index contributed by atoms with van der Waals surface area (Å²) < 4.78 is 0. The Bertz CT molecular complexity index is 356. The summed E-state index contributed by atoms with van der Waals surface area (Å²) in [6, 6.07) is 3.31. The molecule has 1 fully saturated rings.